The first-order valence-electron chi connectivity index (χ1n) is 10.6. The number of carbonyl (C=O) groups excluding carboxylic acids is 2. The Labute approximate surface area is 206 Å². The molecule has 0 radical (unpaired) electrons. The van der Waals surface area contributed by atoms with Gasteiger partial charge in [0.2, 0.25) is 5.91 Å². The van der Waals surface area contributed by atoms with Crippen LogP contribution in [0.3, 0.4) is 0 Å². The van der Waals surface area contributed by atoms with Crippen LogP contribution in [0.25, 0.3) is 0 Å². The first-order valence-corrected chi connectivity index (χ1v) is 11.0. The highest BCUT2D eigenvalue weighted by molar-refractivity contribution is 6.30. The van der Waals surface area contributed by atoms with Gasteiger partial charge in [-0.3, -0.25) is 14.5 Å². The summed E-state index contributed by atoms with van der Waals surface area (Å²) in [5.41, 5.74) is 0.108. The number of nitrogens with one attached hydrogen (secondary N) is 2. The van der Waals surface area contributed by atoms with Gasteiger partial charge in [-0.1, -0.05) is 11.6 Å². The summed E-state index contributed by atoms with van der Waals surface area (Å²) >= 11 is 5.59. The second-order valence-electron chi connectivity index (χ2n) is 7.98. The van der Waals surface area contributed by atoms with Crippen molar-refractivity contribution >= 4 is 35.2 Å². The van der Waals surface area contributed by atoms with Crippen molar-refractivity contribution in [3.05, 3.63) is 47.2 Å². The Kier molecular flexibility index (Phi) is 7.02. The number of nitrogens with zero attached hydrogens (tertiary/aromatic N) is 1. The average molecular weight is 530 g/mol. The van der Waals surface area contributed by atoms with Gasteiger partial charge in [-0.25, -0.2) is 9.18 Å². The second-order valence-corrected chi connectivity index (χ2v) is 8.38. The van der Waals surface area contributed by atoms with Crippen molar-refractivity contribution in [2.45, 2.75) is 31.2 Å². The summed E-state index contributed by atoms with van der Waals surface area (Å²) in [6.07, 6.45) is -4.84. The van der Waals surface area contributed by atoms with Gasteiger partial charge in [0, 0.05) is 30.4 Å². The largest absolute Gasteiger partial charge is 0.586 e. The highest BCUT2D eigenvalue weighted by atomic mass is 35.5. The Hall–Kier alpha value is -3.87. The lowest BCUT2D eigenvalue weighted by atomic mass is 9.97. The van der Waals surface area contributed by atoms with E-state index in [4.69, 9.17) is 16.3 Å². The highest BCUT2D eigenvalue weighted by Crippen LogP contribution is 2.42. The number of amides is 3. The molecule has 0 saturated carbocycles. The molecule has 2 aromatic carbocycles. The summed E-state index contributed by atoms with van der Waals surface area (Å²) in [5, 5.41) is 14.6. The van der Waals surface area contributed by atoms with Crippen molar-refractivity contribution in [3.8, 4) is 17.2 Å². The lowest BCUT2D eigenvalue weighted by molar-refractivity contribution is -0.286. The molecule has 0 aromatic heterocycles. The summed E-state index contributed by atoms with van der Waals surface area (Å²) in [6.45, 7) is -0.625. The molecule has 0 unspecified atom stereocenters. The van der Waals surface area contributed by atoms with E-state index < -0.39 is 48.7 Å². The molecule has 3 amide bonds. The summed E-state index contributed by atoms with van der Waals surface area (Å²) in [4.78, 5) is 37.7. The van der Waals surface area contributed by atoms with Gasteiger partial charge in [0.05, 0.1) is 5.02 Å². The summed E-state index contributed by atoms with van der Waals surface area (Å²) in [7, 11) is 0. The number of likely N-dealkylation sites (tertiary alicyclic amines) is 1. The van der Waals surface area contributed by atoms with Crippen LogP contribution in [0.2, 0.25) is 5.02 Å². The molecule has 36 heavy (non-hydrogen) atoms. The molecule has 14 heteroatoms. The molecular formula is C22H19ClF3N3O7. The van der Waals surface area contributed by atoms with E-state index in [9.17, 15) is 32.7 Å². The van der Waals surface area contributed by atoms with Crippen LogP contribution in [0.4, 0.5) is 23.7 Å². The molecule has 1 fully saturated rings. The van der Waals surface area contributed by atoms with Crippen LogP contribution in [-0.4, -0.2) is 59.4 Å². The molecule has 0 aliphatic carbocycles. The van der Waals surface area contributed by atoms with Crippen LogP contribution >= 0.6 is 11.6 Å². The number of fused-ring (bicyclic) bond motifs is 1. The standard InChI is InChI=1S/C22H19ClF3N3O7/c23-14-4-3-13(8-15(14)24)34-10-19(30)27-12-1-5-16(29(9-12)21(32)33)20(31)28-11-2-6-17-18(7-11)36-22(25,26)35-17/h2-4,6-8,12,16H,1,5,9-10H2,(H,27,30)(H,28,31)(H,32,33)/t12-,16+/m0/s1. The Morgan fingerprint density at radius 2 is 1.89 bits per heavy atom. The second kappa shape index (κ2) is 10.0. The Morgan fingerprint density at radius 1 is 1.14 bits per heavy atom. The normalized spacial score (nSPS) is 19.9. The Bertz CT molecular complexity index is 1200. The third kappa shape index (κ3) is 5.85. The summed E-state index contributed by atoms with van der Waals surface area (Å²) in [6, 6.07) is 5.64. The maximum Gasteiger partial charge on any atom is 0.586 e. The monoisotopic (exact) mass is 529 g/mol. The van der Waals surface area contributed by atoms with Gasteiger partial charge >= 0.3 is 12.4 Å². The van der Waals surface area contributed by atoms with E-state index in [1.807, 2.05) is 0 Å². The molecule has 2 aliphatic heterocycles. The van der Waals surface area contributed by atoms with Crippen LogP contribution in [-0.2, 0) is 9.59 Å². The molecule has 0 bridgehead atoms. The summed E-state index contributed by atoms with van der Waals surface area (Å²) in [5.74, 6) is -2.34. The number of hydrogen-bond acceptors (Lipinski definition) is 6. The zero-order valence-corrected chi connectivity index (χ0v) is 19.1. The third-order valence-electron chi connectivity index (χ3n) is 5.43. The Balaban J connectivity index is 1.32. The molecule has 1 saturated heterocycles. The zero-order valence-electron chi connectivity index (χ0n) is 18.3. The molecule has 2 atom stereocenters. The van der Waals surface area contributed by atoms with Crippen molar-refractivity contribution < 1.29 is 46.9 Å². The van der Waals surface area contributed by atoms with E-state index in [0.29, 0.717) is 0 Å². The van der Waals surface area contributed by atoms with Crippen molar-refractivity contribution in [1.29, 1.82) is 0 Å². The number of ether oxygens (including phenoxy) is 3. The number of hydrogen-bond donors (Lipinski definition) is 3. The van der Waals surface area contributed by atoms with Gasteiger partial charge in [0.1, 0.15) is 17.6 Å². The summed E-state index contributed by atoms with van der Waals surface area (Å²) < 4.78 is 53.7. The molecule has 2 aliphatic rings. The predicted molar refractivity (Wildman–Crippen MR) is 118 cm³/mol. The zero-order chi connectivity index (χ0) is 26.0. The minimum absolute atomic E-state index is 0.0783. The van der Waals surface area contributed by atoms with E-state index in [-0.39, 0.29) is 47.3 Å². The number of carbonyl (C=O) groups is 3. The number of benzene rings is 2. The van der Waals surface area contributed by atoms with E-state index in [2.05, 4.69) is 20.1 Å². The van der Waals surface area contributed by atoms with Gasteiger partial charge < -0.3 is 30.0 Å². The number of carboxylic acid groups (broad SMARTS) is 1. The molecule has 10 nitrogen and oxygen atoms in total. The predicted octanol–water partition coefficient (Wildman–Crippen LogP) is 3.45. The van der Waals surface area contributed by atoms with Gasteiger partial charge in [0.25, 0.3) is 5.91 Å². The topological polar surface area (TPSA) is 126 Å². The van der Waals surface area contributed by atoms with E-state index in [1.54, 1.807) is 0 Å². The number of halogens is 4. The molecule has 2 heterocycles. The fourth-order valence-corrected chi connectivity index (χ4v) is 3.93. The van der Waals surface area contributed by atoms with Crippen molar-refractivity contribution in [2.75, 3.05) is 18.5 Å². The number of alkyl halides is 2. The quantitative estimate of drug-likeness (QED) is 0.523. The fourth-order valence-electron chi connectivity index (χ4n) is 3.81. The third-order valence-corrected chi connectivity index (χ3v) is 5.73. The van der Waals surface area contributed by atoms with E-state index in [0.717, 1.165) is 17.0 Å². The van der Waals surface area contributed by atoms with Crippen LogP contribution in [0, 0.1) is 5.82 Å². The minimum Gasteiger partial charge on any atom is -0.484 e. The van der Waals surface area contributed by atoms with Crippen LogP contribution in [0.5, 0.6) is 17.2 Å². The van der Waals surface area contributed by atoms with Crippen LogP contribution in [0.1, 0.15) is 12.8 Å². The molecule has 3 N–H and O–H groups in total. The maximum atomic E-state index is 13.5. The molecule has 0 spiro atoms. The van der Waals surface area contributed by atoms with Gasteiger partial charge in [-0.05, 0) is 37.1 Å². The number of piperidine rings is 1. The fraction of sp³-hybridized carbons (Fsp3) is 0.318. The number of anilines is 1. The Morgan fingerprint density at radius 3 is 2.61 bits per heavy atom. The van der Waals surface area contributed by atoms with E-state index in [1.165, 1.54) is 24.3 Å². The molecular weight excluding hydrogens is 511 g/mol. The SMILES string of the molecule is O=C(COc1ccc(Cl)c(F)c1)N[C@H]1CC[C@H](C(=O)Nc2ccc3c(c2)OC(F)(F)O3)N(C(=O)O)C1. The lowest BCUT2D eigenvalue weighted by Crippen LogP contribution is -2.57. The van der Waals surface area contributed by atoms with Gasteiger partial charge in [0.15, 0.2) is 18.1 Å². The molecule has 4 rings (SSSR count). The van der Waals surface area contributed by atoms with E-state index >= 15 is 0 Å². The van der Waals surface area contributed by atoms with Crippen molar-refractivity contribution in [3.63, 3.8) is 0 Å². The first kappa shape index (κ1) is 25.2. The first-order chi connectivity index (χ1) is 17.0. The number of rotatable bonds is 6. The minimum atomic E-state index is -3.82. The van der Waals surface area contributed by atoms with Crippen molar-refractivity contribution in [1.82, 2.24) is 10.2 Å². The van der Waals surface area contributed by atoms with Gasteiger partial charge in [-0.2, -0.15) is 0 Å². The molecule has 192 valence electrons. The maximum absolute atomic E-state index is 13.5. The average Bonchev–Trinajstić information content (AvgIpc) is 3.12. The van der Waals surface area contributed by atoms with Crippen LogP contribution in [0.15, 0.2) is 36.4 Å². The highest BCUT2D eigenvalue weighted by Gasteiger charge is 2.43. The smallest absolute Gasteiger partial charge is 0.484 e. The molecule has 2 aromatic rings. The van der Waals surface area contributed by atoms with Crippen LogP contribution < -0.4 is 24.8 Å². The van der Waals surface area contributed by atoms with Gasteiger partial charge in [-0.15, -0.1) is 8.78 Å². The lowest BCUT2D eigenvalue weighted by Gasteiger charge is -2.37. The van der Waals surface area contributed by atoms with Crippen molar-refractivity contribution in [2.24, 2.45) is 0 Å².